The summed E-state index contributed by atoms with van der Waals surface area (Å²) in [7, 11) is 0. The number of amides is 2. The quantitative estimate of drug-likeness (QED) is 0.722. The molecule has 142 valence electrons. The lowest BCUT2D eigenvalue weighted by Crippen LogP contribution is -2.47. The van der Waals surface area contributed by atoms with Gasteiger partial charge in [-0.05, 0) is 46.5 Å². The number of nitrogens with one attached hydrogen (secondary N) is 1. The summed E-state index contributed by atoms with van der Waals surface area (Å²) in [6.45, 7) is 0.982. The second-order valence-electron chi connectivity index (χ2n) is 6.39. The lowest BCUT2D eigenvalue weighted by molar-refractivity contribution is -0.125. The van der Waals surface area contributed by atoms with E-state index in [1.54, 1.807) is 12.1 Å². The van der Waals surface area contributed by atoms with E-state index in [0.29, 0.717) is 25.9 Å². The fourth-order valence-electron chi connectivity index (χ4n) is 3.02. The van der Waals surface area contributed by atoms with Crippen LogP contribution in [0.25, 0.3) is 0 Å². The van der Waals surface area contributed by atoms with Crippen molar-refractivity contribution in [1.29, 1.82) is 0 Å². The third-order valence-corrected chi connectivity index (χ3v) is 4.94. The molecule has 2 amide bonds. The SMILES string of the molecule is C#Cc1ccc(COC(=O)N2CCC[C@H]2C(=O)NC[C@@H]2CC(Br)=NO2)cc1. The van der Waals surface area contributed by atoms with Crippen LogP contribution in [0.1, 0.15) is 30.4 Å². The first kappa shape index (κ1) is 19.2. The number of ether oxygens (including phenoxy) is 1. The number of likely N-dealkylation sites (tertiary alicyclic amines) is 1. The molecule has 2 aliphatic heterocycles. The highest BCUT2D eigenvalue weighted by molar-refractivity contribution is 9.18. The molecule has 7 nitrogen and oxygen atoms in total. The maximum atomic E-state index is 12.5. The molecular formula is C19H20BrN3O4. The number of rotatable bonds is 5. The minimum atomic E-state index is -0.521. The van der Waals surface area contributed by atoms with Gasteiger partial charge in [-0.3, -0.25) is 9.69 Å². The average molecular weight is 434 g/mol. The lowest BCUT2D eigenvalue weighted by Gasteiger charge is -2.23. The van der Waals surface area contributed by atoms with Crippen molar-refractivity contribution in [2.45, 2.75) is 38.0 Å². The third-order valence-electron chi connectivity index (χ3n) is 4.47. The summed E-state index contributed by atoms with van der Waals surface area (Å²) in [4.78, 5) is 31.5. The Morgan fingerprint density at radius 1 is 1.41 bits per heavy atom. The molecule has 27 heavy (non-hydrogen) atoms. The van der Waals surface area contributed by atoms with Gasteiger partial charge < -0.3 is 14.9 Å². The van der Waals surface area contributed by atoms with Crippen LogP contribution in [0.4, 0.5) is 4.79 Å². The number of benzene rings is 1. The summed E-state index contributed by atoms with van der Waals surface area (Å²) < 4.78 is 6.09. The smallest absolute Gasteiger partial charge is 0.410 e. The number of carbonyl (C=O) groups excluding carboxylic acids is 2. The van der Waals surface area contributed by atoms with E-state index in [1.165, 1.54) is 4.90 Å². The Kier molecular flexibility index (Phi) is 6.35. The fourth-order valence-corrected chi connectivity index (χ4v) is 3.46. The van der Waals surface area contributed by atoms with E-state index in [9.17, 15) is 9.59 Å². The summed E-state index contributed by atoms with van der Waals surface area (Å²) >= 11 is 3.26. The zero-order valence-electron chi connectivity index (χ0n) is 14.7. The summed E-state index contributed by atoms with van der Waals surface area (Å²) in [5, 5.41) is 6.62. The van der Waals surface area contributed by atoms with Gasteiger partial charge in [0.25, 0.3) is 0 Å². The van der Waals surface area contributed by atoms with Gasteiger partial charge in [-0.25, -0.2) is 4.79 Å². The Hall–Kier alpha value is -2.53. The zero-order valence-corrected chi connectivity index (χ0v) is 16.3. The Morgan fingerprint density at radius 3 is 2.85 bits per heavy atom. The Labute approximate surface area is 166 Å². The highest BCUT2D eigenvalue weighted by Gasteiger charge is 2.35. The minimum absolute atomic E-state index is 0.135. The van der Waals surface area contributed by atoms with E-state index in [1.807, 2.05) is 12.1 Å². The predicted molar refractivity (Wildman–Crippen MR) is 103 cm³/mol. The van der Waals surface area contributed by atoms with Crippen molar-refractivity contribution >= 4 is 32.6 Å². The molecule has 1 aromatic carbocycles. The van der Waals surface area contributed by atoms with Crippen LogP contribution < -0.4 is 5.32 Å². The normalized spacial score (nSPS) is 21.2. The highest BCUT2D eigenvalue weighted by Crippen LogP contribution is 2.20. The first-order chi connectivity index (χ1) is 13.1. The van der Waals surface area contributed by atoms with Crippen LogP contribution in [0.5, 0.6) is 0 Å². The molecule has 0 aliphatic carbocycles. The molecule has 1 saturated heterocycles. The number of carbonyl (C=O) groups is 2. The maximum absolute atomic E-state index is 12.5. The summed E-state index contributed by atoms with van der Waals surface area (Å²) in [6, 6.07) is 6.70. The molecule has 1 fully saturated rings. The molecule has 0 bridgehead atoms. The van der Waals surface area contributed by atoms with Crippen molar-refractivity contribution in [3.8, 4) is 12.3 Å². The van der Waals surface area contributed by atoms with E-state index in [4.69, 9.17) is 16.0 Å². The van der Waals surface area contributed by atoms with Crippen LogP contribution in [0.3, 0.4) is 0 Å². The molecular weight excluding hydrogens is 414 g/mol. The van der Waals surface area contributed by atoms with Crippen LogP contribution >= 0.6 is 15.9 Å². The number of halogens is 1. The molecule has 0 unspecified atom stereocenters. The summed E-state index contributed by atoms with van der Waals surface area (Å²) in [5.74, 6) is 2.34. The molecule has 2 atom stereocenters. The van der Waals surface area contributed by atoms with Gasteiger partial charge in [0.05, 0.1) is 6.54 Å². The molecule has 0 spiro atoms. The lowest BCUT2D eigenvalue weighted by atomic mass is 10.1. The van der Waals surface area contributed by atoms with Gasteiger partial charge in [0.15, 0.2) is 6.10 Å². The van der Waals surface area contributed by atoms with Crippen molar-refractivity contribution in [2.75, 3.05) is 13.1 Å². The molecule has 0 radical (unpaired) electrons. The van der Waals surface area contributed by atoms with Gasteiger partial charge in [-0.15, -0.1) is 6.42 Å². The molecule has 2 aliphatic rings. The van der Waals surface area contributed by atoms with E-state index in [-0.39, 0.29) is 18.6 Å². The largest absolute Gasteiger partial charge is 0.445 e. The first-order valence-corrected chi connectivity index (χ1v) is 9.51. The highest BCUT2D eigenvalue weighted by atomic mass is 79.9. The van der Waals surface area contributed by atoms with Crippen molar-refractivity contribution in [1.82, 2.24) is 10.2 Å². The van der Waals surface area contributed by atoms with Crippen LogP contribution in [0.15, 0.2) is 29.4 Å². The monoisotopic (exact) mass is 433 g/mol. The number of terminal acetylenes is 1. The third kappa shape index (κ3) is 5.01. The van der Waals surface area contributed by atoms with E-state index < -0.39 is 12.1 Å². The molecule has 0 saturated carbocycles. The standard InChI is InChI=1S/C19H20BrN3O4/c1-2-13-5-7-14(8-6-13)12-26-19(25)23-9-3-4-16(23)18(24)21-11-15-10-17(20)22-27-15/h1,5-8,15-16H,3-4,9-12H2,(H,21,24)/t15-,16-/m0/s1. The van der Waals surface area contributed by atoms with Crippen LogP contribution in [-0.4, -0.2) is 46.8 Å². The minimum Gasteiger partial charge on any atom is -0.445 e. The topological polar surface area (TPSA) is 80.2 Å². The van der Waals surface area contributed by atoms with Gasteiger partial charge in [0.2, 0.25) is 5.91 Å². The Morgan fingerprint density at radius 2 is 2.19 bits per heavy atom. The molecule has 0 aromatic heterocycles. The van der Waals surface area contributed by atoms with E-state index in [2.05, 4.69) is 32.3 Å². The number of oxime groups is 1. The molecule has 8 heteroatoms. The van der Waals surface area contributed by atoms with E-state index in [0.717, 1.165) is 22.2 Å². The first-order valence-electron chi connectivity index (χ1n) is 8.71. The van der Waals surface area contributed by atoms with Crippen molar-refractivity contribution in [2.24, 2.45) is 5.16 Å². The number of hydrogen-bond donors (Lipinski definition) is 1. The van der Waals surface area contributed by atoms with Crippen molar-refractivity contribution < 1.29 is 19.2 Å². The van der Waals surface area contributed by atoms with Gasteiger partial charge >= 0.3 is 6.09 Å². The molecule has 1 N–H and O–H groups in total. The van der Waals surface area contributed by atoms with Crippen LogP contribution in [-0.2, 0) is 21.0 Å². The Balaban J connectivity index is 1.48. The second kappa shape index (κ2) is 8.91. The maximum Gasteiger partial charge on any atom is 0.410 e. The second-order valence-corrected chi connectivity index (χ2v) is 7.31. The predicted octanol–water partition coefficient (Wildman–Crippen LogP) is 2.38. The fraction of sp³-hybridized carbons (Fsp3) is 0.421. The van der Waals surface area contributed by atoms with Crippen molar-refractivity contribution in [3.63, 3.8) is 0 Å². The molecule has 1 aromatic rings. The van der Waals surface area contributed by atoms with Gasteiger partial charge in [0, 0.05) is 18.5 Å². The summed E-state index contributed by atoms with van der Waals surface area (Å²) in [6.07, 6.45) is 6.65. The molecule has 3 rings (SSSR count). The van der Waals surface area contributed by atoms with Crippen LogP contribution in [0.2, 0.25) is 0 Å². The number of hydrogen-bond acceptors (Lipinski definition) is 5. The average Bonchev–Trinajstić information content (AvgIpc) is 3.33. The van der Waals surface area contributed by atoms with Crippen molar-refractivity contribution in [3.05, 3.63) is 35.4 Å². The van der Waals surface area contributed by atoms with Gasteiger partial charge in [0.1, 0.15) is 17.3 Å². The molecule has 2 heterocycles. The van der Waals surface area contributed by atoms with Crippen LogP contribution in [0, 0.1) is 12.3 Å². The number of nitrogens with zero attached hydrogens (tertiary/aromatic N) is 2. The van der Waals surface area contributed by atoms with E-state index >= 15 is 0 Å². The van der Waals surface area contributed by atoms with Gasteiger partial charge in [-0.2, -0.15) is 0 Å². The van der Waals surface area contributed by atoms with Gasteiger partial charge in [-0.1, -0.05) is 23.2 Å². The Bertz CT molecular complexity index is 772. The zero-order chi connectivity index (χ0) is 19.2. The summed E-state index contributed by atoms with van der Waals surface area (Å²) in [5.41, 5.74) is 1.61.